The first-order valence-corrected chi connectivity index (χ1v) is 12.0. The van der Waals surface area contributed by atoms with Crippen molar-refractivity contribution < 1.29 is 4.42 Å². The maximum Gasteiger partial charge on any atom is 0.344 e. The molecule has 0 aliphatic heterocycles. The van der Waals surface area contributed by atoms with Gasteiger partial charge in [-0.05, 0) is 62.9 Å². The first kappa shape index (κ1) is 20.0. The Balaban J connectivity index is 1.39. The van der Waals surface area contributed by atoms with Crippen molar-refractivity contribution in [1.29, 1.82) is 0 Å². The van der Waals surface area contributed by atoms with Crippen molar-refractivity contribution in [3.63, 3.8) is 0 Å². The van der Waals surface area contributed by atoms with Gasteiger partial charge < -0.3 is 4.42 Å². The number of hydrogen-bond acceptors (Lipinski definition) is 2. The van der Waals surface area contributed by atoms with E-state index in [1.165, 1.54) is 33.4 Å². The Morgan fingerprint density at radius 1 is 0.571 bits per heavy atom. The van der Waals surface area contributed by atoms with Crippen molar-refractivity contribution in [2.24, 2.45) is 0 Å². The summed E-state index contributed by atoms with van der Waals surface area (Å²) in [5.41, 5.74) is 9.16. The summed E-state index contributed by atoms with van der Waals surface area (Å²) < 4.78 is 5.91. The topological polar surface area (TPSA) is 30.2 Å². The van der Waals surface area contributed by atoms with Gasteiger partial charge in [0.05, 0.1) is 5.39 Å². The van der Waals surface area contributed by atoms with Gasteiger partial charge in [0, 0.05) is 11.3 Å². The summed E-state index contributed by atoms with van der Waals surface area (Å²) in [5, 5.41) is 2.56. The normalized spacial score (nSPS) is 14.2. The van der Waals surface area contributed by atoms with Crippen LogP contribution in [-0.4, -0.2) is 0 Å². The van der Waals surface area contributed by atoms with Crippen LogP contribution in [0.15, 0.2) is 124 Å². The molecular weight excluding hydrogens is 428 g/mol. The minimum absolute atomic E-state index is 0.202. The third-order valence-electron chi connectivity index (χ3n) is 7.31. The molecule has 1 unspecified atom stereocenters. The Labute approximate surface area is 203 Å². The van der Waals surface area contributed by atoms with Crippen LogP contribution in [-0.2, 0) is 6.42 Å². The van der Waals surface area contributed by atoms with E-state index in [2.05, 4.69) is 78.9 Å². The first-order valence-electron chi connectivity index (χ1n) is 12.0. The van der Waals surface area contributed by atoms with Crippen molar-refractivity contribution in [2.75, 3.05) is 0 Å². The second-order valence-electron chi connectivity index (χ2n) is 9.24. The summed E-state index contributed by atoms with van der Waals surface area (Å²) in [5.74, 6) is 0.202. The van der Waals surface area contributed by atoms with Crippen LogP contribution in [0.1, 0.15) is 22.6 Å². The van der Waals surface area contributed by atoms with Crippen LogP contribution in [0.5, 0.6) is 0 Å². The Morgan fingerprint density at radius 2 is 1.29 bits per heavy atom. The zero-order valence-electron chi connectivity index (χ0n) is 19.1. The second-order valence-corrected chi connectivity index (χ2v) is 9.24. The molecule has 1 atom stereocenters. The number of hydrogen-bond donors (Lipinski definition) is 0. The van der Waals surface area contributed by atoms with Crippen LogP contribution < -0.4 is 5.63 Å². The molecule has 0 amide bonds. The molecule has 7 rings (SSSR count). The highest BCUT2D eigenvalue weighted by Gasteiger charge is 2.29. The van der Waals surface area contributed by atoms with E-state index in [0.29, 0.717) is 11.0 Å². The Morgan fingerprint density at radius 3 is 2.17 bits per heavy atom. The highest BCUT2D eigenvalue weighted by molar-refractivity contribution is 6.05. The van der Waals surface area contributed by atoms with Crippen LogP contribution in [0, 0.1) is 0 Å². The number of para-hydroxylation sites is 1. The smallest absolute Gasteiger partial charge is 0.344 e. The van der Waals surface area contributed by atoms with E-state index in [4.69, 9.17) is 4.42 Å². The largest absolute Gasteiger partial charge is 0.422 e. The molecule has 0 fully saturated rings. The second kappa shape index (κ2) is 7.82. The fourth-order valence-electron chi connectivity index (χ4n) is 5.68. The standard InChI is InChI=1S/C33H22O2/c34-33-29-15-7-6-14-26(29)28-16-8-11-23(32(28)35-33)20-31-25-13-5-4-12-24(25)30-19-22(17-18-27(30)31)21-9-2-1-3-10-21/h1-19,31H,20H2. The Kier molecular flexibility index (Phi) is 4.46. The van der Waals surface area contributed by atoms with Crippen LogP contribution >= 0.6 is 0 Å². The molecule has 6 aromatic rings. The predicted octanol–water partition coefficient (Wildman–Crippen LogP) is 7.97. The number of benzene rings is 5. The van der Waals surface area contributed by atoms with E-state index in [1.54, 1.807) is 0 Å². The van der Waals surface area contributed by atoms with Crippen molar-refractivity contribution >= 4 is 21.7 Å². The molecule has 35 heavy (non-hydrogen) atoms. The molecule has 1 heterocycles. The fraction of sp³-hybridized carbons (Fsp3) is 0.0606. The average Bonchev–Trinajstić information content (AvgIpc) is 3.23. The van der Waals surface area contributed by atoms with Crippen LogP contribution in [0.3, 0.4) is 0 Å². The quantitative estimate of drug-likeness (QED) is 0.202. The molecule has 0 N–H and O–H groups in total. The van der Waals surface area contributed by atoms with E-state index in [1.807, 2.05) is 36.4 Å². The molecule has 166 valence electrons. The van der Waals surface area contributed by atoms with E-state index in [0.717, 1.165) is 22.8 Å². The van der Waals surface area contributed by atoms with E-state index in [-0.39, 0.29) is 11.5 Å². The lowest BCUT2D eigenvalue weighted by atomic mass is 9.88. The average molecular weight is 451 g/mol. The summed E-state index contributed by atoms with van der Waals surface area (Å²) in [6.45, 7) is 0. The van der Waals surface area contributed by atoms with E-state index < -0.39 is 0 Å². The van der Waals surface area contributed by atoms with Crippen molar-refractivity contribution in [3.8, 4) is 22.3 Å². The van der Waals surface area contributed by atoms with Gasteiger partial charge in [-0.15, -0.1) is 0 Å². The molecule has 0 saturated carbocycles. The maximum atomic E-state index is 12.8. The summed E-state index contributed by atoms with van der Waals surface area (Å²) >= 11 is 0. The lowest BCUT2D eigenvalue weighted by molar-refractivity contribution is 0.564. The summed E-state index contributed by atoms with van der Waals surface area (Å²) in [7, 11) is 0. The van der Waals surface area contributed by atoms with Crippen molar-refractivity contribution in [1.82, 2.24) is 0 Å². The van der Waals surface area contributed by atoms with E-state index >= 15 is 0 Å². The Bertz CT molecular complexity index is 1790. The van der Waals surface area contributed by atoms with Gasteiger partial charge in [0.1, 0.15) is 5.58 Å². The molecule has 1 aliphatic rings. The minimum Gasteiger partial charge on any atom is -0.422 e. The molecule has 0 saturated heterocycles. The van der Waals surface area contributed by atoms with Crippen LogP contribution in [0.2, 0.25) is 0 Å². The summed E-state index contributed by atoms with van der Waals surface area (Å²) in [4.78, 5) is 12.8. The SMILES string of the molecule is O=c1oc2c(CC3c4ccccc4-c4cc(-c5ccccc5)ccc43)cccc2c2ccccc12. The first-order chi connectivity index (χ1) is 17.3. The molecule has 2 nitrogen and oxygen atoms in total. The van der Waals surface area contributed by atoms with Crippen molar-refractivity contribution in [2.45, 2.75) is 12.3 Å². The maximum absolute atomic E-state index is 12.8. The van der Waals surface area contributed by atoms with Crippen LogP contribution in [0.4, 0.5) is 0 Å². The van der Waals surface area contributed by atoms with Gasteiger partial charge >= 0.3 is 5.63 Å². The Hall–Kier alpha value is -4.43. The third kappa shape index (κ3) is 3.14. The molecule has 0 radical (unpaired) electrons. The van der Waals surface area contributed by atoms with Gasteiger partial charge in [-0.2, -0.15) is 0 Å². The van der Waals surface area contributed by atoms with E-state index in [9.17, 15) is 4.79 Å². The number of fused-ring (bicyclic) bond motifs is 6. The molecule has 1 aromatic heterocycles. The third-order valence-corrected chi connectivity index (χ3v) is 7.31. The molecular formula is C33H22O2. The molecule has 0 spiro atoms. The summed E-state index contributed by atoms with van der Waals surface area (Å²) in [6.07, 6.45) is 0.771. The lowest BCUT2D eigenvalue weighted by Gasteiger charge is -2.16. The highest BCUT2D eigenvalue weighted by Crippen LogP contribution is 2.47. The van der Waals surface area contributed by atoms with Crippen molar-refractivity contribution in [3.05, 3.63) is 142 Å². The van der Waals surface area contributed by atoms with Gasteiger partial charge in [0.2, 0.25) is 0 Å². The highest BCUT2D eigenvalue weighted by atomic mass is 16.4. The van der Waals surface area contributed by atoms with Gasteiger partial charge in [-0.1, -0.05) is 103 Å². The number of rotatable bonds is 3. The van der Waals surface area contributed by atoms with Gasteiger partial charge in [-0.25, -0.2) is 4.79 Å². The molecule has 0 bridgehead atoms. The van der Waals surface area contributed by atoms with Gasteiger partial charge in [-0.3, -0.25) is 0 Å². The monoisotopic (exact) mass is 450 g/mol. The predicted molar refractivity (Wildman–Crippen MR) is 143 cm³/mol. The van der Waals surface area contributed by atoms with Crippen LogP contribution in [0.25, 0.3) is 44.0 Å². The van der Waals surface area contributed by atoms with Gasteiger partial charge in [0.25, 0.3) is 0 Å². The molecule has 1 aliphatic carbocycles. The fourth-order valence-corrected chi connectivity index (χ4v) is 5.68. The molecule has 5 aromatic carbocycles. The zero-order chi connectivity index (χ0) is 23.4. The minimum atomic E-state index is -0.278. The molecule has 2 heteroatoms. The summed E-state index contributed by atoms with van der Waals surface area (Å²) in [6, 6.07) is 39.9. The van der Waals surface area contributed by atoms with Gasteiger partial charge in [0.15, 0.2) is 0 Å². The zero-order valence-corrected chi connectivity index (χ0v) is 19.1. The lowest BCUT2D eigenvalue weighted by Crippen LogP contribution is -2.05.